The summed E-state index contributed by atoms with van der Waals surface area (Å²) in [5.74, 6) is -0.0515. The number of carbonyl (C=O) groups excluding carboxylic acids is 1. The largest absolute Gasteiger partial charge is 0.477 e. The predicted molar refractivity (Wildman–Crippen MR) is 120 cm³/mol. The van der Waals surface area contributed by atoms with Gasteiger partial charge >= 0.3 is 5.97 Å². The molecule has 3 rings (SSSR count). The highest BCUT2D eigenvalue weighted by atomic mass is 32.2. The van der Waals surface area contributed by atoms with E-state index in [4.69, 9.17) is 5.11 Å². The van der Waals surface area contributed by atoms with Gasteiger partial charge in [-0.15, -0.1) is 11.3 Å². The Morgan fingerprint density at radius 3 is 2.77 bits per heavy atom. The van der Waals surface area contributed by atoms with Gasteiger partial charge in [0.05, 0.1) is 12.3 Å². The van der Waals surface area contributed by atoms with Crippen LogP contribution in [0.5, 0.6) is 0 Å². The number of carboxylic acids is 1. The van der Waals surface area contributed by atoms with E-state index in [0.717, 1.165) is 59.9 Å². The molecule has 0 radical (unpaired) electrons. The number of amides is 1. The molecular formula is C22H28N2O4S2. The molecule has 0 bridgehead atoms. The molecule has 2 atom stereocenters. The lowest BCUT2D eigenvalue weighted by Gasteiger charge is -2.25. The van der Waals surface area contributed by atoms with Gasteiger partial charge in [0.25, 0.3) is 0 Å². The van der Waals surface area contributed by atoms with Gasteiger partial charge in [0.1, 0.15) is 4.88 Å². The van der Waals surface area contributed by atoms with Crippen LogP contribution in [0.4, 0.5) is 5.69 Å². The molecule has 2 N–H and O–H groups in total. The van der Waals surface area contributed by atoms with E-state index in [-0.39, 0.29) is 16.8 Å². The van der Waals surface area contributed by atoms with E-state index in [1.54, 1.807) is 0 Å². The third kappa shape index (κ3) is 5.83. The molecule has 1 saturated heterocycles. The molecule has 1 aromatic heterocycles. The zero-order valence-electron chi connectivity index (χ0n) is 17.1. The Kier molecular flexibility index (Phi) is 8.30. The molecule has 2 heterocycles. The van der Waals surface area contributed by atoms with Gasteiger partial charge in [-0.05, 0) is 37.0 Å². The molecule has 1 aliphatic rings. The quantitative estimate of drug-likeness (QED) is 0.366. The SMILES string of the molecule is CCCCCC(O)c1ccc(N2C(=O)CC[C@@H]2CCSc2ncc(C(=O)O)s2)cc1. The molecule has 0 aliphatic carbocycles. The summed E-state index contributed by atoms with van der Waals surface area (Å²) in [6.45, 7) is 2.15. The summed E-state index contributed by atoms with van der Waals surface area (Å²) in [5, 5.41) is 19.3. The minimum Gasteiger partial charge on any atom is -0.477 e. The first-order chi connectivity index (χ1) is 14.5. The topological polar surface area (TPSA) is 90.7 Å². The van der Waals surface area contributed by atoms with Crippen LogP contribution in [0.3, 0.4) is 0 Å². The molecule has 30 heavy (non-hydrogen) atoms. The van der Waals surface area contributed by atoms with Crippen molar-refractivity contribution in [3.63, 3.8) is 0 Å². The van der Waals surface area contributed by atoms with E-state index < -0.39 is 12.1 Å². The first-order valence-corrected chi connectivity index (χ1v) is 12.2. The van der Waals surface area contributed by atoms with Crippen LogP contribution in [-0.4, -0.2) is 38.9 Å². The number of hydrogen-bond acceptors (Lipinski definition) is 6. The third-order valence-electron chi connectivity index (χ3n) is 5.33. The van der Waals surface area contributed by atoms with Gasteiger partial charge < -0.3 is 15.1 Å². The summed E-state index contributed by atoms with van der Waals surface area (Å²) < 4.78 is 0.740. The fourth-order valence-corrected chi connectivity index (χ4v) is 5.62. The van der Waals surface area contributed by atoms with E-state index in [1.165, 1.54) is 29.3 Å². The fraction of sp³-hybridized carbons (Fsp3) is 0.500. The lowest BCUT2D eigenvalue weighted by Crippen LogP contribution is -2.33. The smallest absolute Gasteiger partial charge is 0.347 e. The minimum atomic E-state index is -0.953. The first kappa shape index (κ1) is 22.8. The van der Waals surface area contributed by atoms with Gasteiger partial charge in [-0.3, -0.25) is 4.79 Å². The van der Waals surface area contributed by atoms with Crippen molar-refractivity contribution in [1.29, 1.82) is 0 Å². The Labute approximate surface area is 185 Å². The number of aliphatic hydroxyl groups excluding tert-OH is 1. The van der Waals surface area contributed by atoms with Crippen molar-refractivity contribution in [3.05, 3.63) is 40.9 Å². The summed E-state index contributed by atoms with van der Waals surface area (Å²) in [6.07, 6.45) is 7.13. The van der Waals surface area contributed by atoms with E-state index in [2.05, 4.69) is 11.9 Å². The van der Waals surface area contributed by atoms with Crippen molar-refractivity contribution in [2.24, 2.45) is 0 Å². The number of hydrogen-bond donors (Lipinski definition) is 2. The summed E-state index contributed by atoms with van der Waals surface area (Å²) in [5.41, 5.74) is 1.77. The van der Waals surface area contributed by atoms with Crippen molar-refractivity contribution in [2.45, 2.75) is 68.4 Å². The van der Waals surface area contributed by atoms with Crippen molar-refractivity contribution in [1.82, 2.24) is 4.98 Å². The average Bonchev–Trinajstić information content (AvgIpc) is 3.35. The number of anilines is 1. The van der Waals surface area contributed by atoms with Gasteiger partial charge in [-0.2, -0.15) is 0 Å². The number of carboxylic acid groups (broad SMARTS) is 1. The highest BCUT2D eigenvalue weighted by molar-refractivity contribution is 8.01. The maximum absolute atomic E-state index is 12.5. The Hall–Kier alpha value is -1.90. The van der Waals surface area contributed by atoms with Crippen LogP contribution < -0.4 is 4.90 Å². The van der Waals surface area contributed by atoms with Gasteiger partial charge in [0.15, 0.2) is 4.34 Å². The lowest BCUT2D eigenvalue weighted by atomic mass is 10.0. The standard InChI is InChI=1S/C22H28N2O4S2/c1-2-3-4-5-18(25)15-6-8-16(9-7-15)24-17(10-11-20(24)26)12-13-29-22-23-14-19(30-22)21(27)28/h6-9,14,17-18,25H,2-5,10-13H2,1H3,(H,27,28)/t17-,18?/m1/s1. The molecule has 8 heteroatoms. The van der Waals surface area contributed by atoms with Crippen LogP contribution in [0.15, 0.2) is 34.8 Å². The van der Waals surface area contributed by atoms with Gasteiger partial charge in [0, 0.05) is 23.9 Å². The number of aliphatic hydroxyl groups is 1. The predicted octanol–water partition coefficient (Wildman–Crippen LogP) is 5.13. The molecule has 1 aromatic carbocycles. The monoisotopic (exact) mass is 448 g/mol. The molecule has 1 unspecified atom stereocenters. The summed E-state index contributed by atoms with van der Waals surface area (Å²) in [6, 6.07) is 7.84. The third-order valence-corrected chi connectivity index (χ3v) is 7.51. The highest BCUT2D eigenvalue weighted by Gasteiger charge is 2.31. The molecule has 162 valence electrons. The van der Waals surface area contributed by atoms with Gasteiger partial charge in [-0.25, -0.2) is 9.78 Å². The second-order valence-corrected chi connectivity index (χ2v) is 9.86. The zero-order valence-corrected chi connectivity index (χ0v) is 18.8. The molecule has 2 aromatic rings. The van der Waals surface area contributed by atoms with E-state index in [0.29, 0.717) is 6.42 Å². The molecular weight excluding hydrogens is 420 g/mol. The molecule has 0 spiro atoms. The van der Waals surface area contributed by atoms with E-state index in [9.17, 15) is 14.7 Å². The number of carbonyl (C=O) groups is 2. The van der Waals surface area contributed by atoms with Crippen LogP contribution in [0.2, 0.25) is 0 Å². The molecule has 1 aliphatic heterocycles. The van der Waals surface area contributed by atoms with Crippen molar-refractivity contribution >= 4 is 40.7 Å². The molecule has 0 saturated carbocycles. The Bertz CT molecular complexity index is 853. The normalized spacial score (nSPS) is 17.5. The average molecular weight is 449 g/mol. The minimum absolute atomic E-state index is 0.128. The number of unbranched alkanes of at least 4 members (excludes halogenated alkanes) is 2. The Morgan fingerprint density at radius 1 is 1.33 bits per heavy atom. The zero-order chi connectivity index (χ0) is 21.5. The van der Waals surface area contributed by atoms with Crippen LogP contribution in [-0.2, 0) is 4.79 Å². The van der Waals surface area contributed by atoms with Crippen LogP contribution in [0, 0.1) is 0 Å². The number of benzene rings is 1. The Balaban J connectivity index is 1.56. The second kappa shape index (κ2) is 10.9. The van der Waals surface area contributed by atoms with Crippen LogP contribution in [0.25, 0.3) is 0 Å². The van der Waals surface area contributed by atoms with Gasteiger partial charge in [-0.1, -0.05) is 50.1 Å². The molecule has 1 amide bonds. The summed E-state index contributed by atoms with van der Waals surface area (Å²) in [4.78, 5) is 29.7. The number of thiazole rings is 1. The number of rotatable bonds is 11. The van der Waals surface area contributed by atoms with Crippen molar-refractivity contribution in [2.75, 3.05) is 10.7 Å². The maximum atomic E-state index is 12.5. The van der Waals surface area contributed by atoms with Gasteiger partial charge in [0.2, 0.25) is 5.91 Å². The van der Waals surface area contributed by atoms with Crippen LogP contribution >= 0.6 is 23.1 Å². The van der Waals surface area contributed by atoms with E-state index in [1.807, 2.05) is 29.2 Å². The lowest BCUT2D eigenvalue weighted by molar-refractivity contribution is -0.117. The number of thioether (sulfide) groups is 1. The van der Waals surface area contributed by atoms with Crippen molar-refractivity contribution in [3.8, 4) is 0 Å². The maximum Gasteiger partial charge on any atom is 0.347 e. The Morgan fingerprint density at radius 2 is 2.10 bits per heavy atom. The first-order valence-electron chi connectivity index (χ1n) is 10.4. The van der Waals surface area contributed by atoms with Crippen LogP contribution in [0.1, 0.15) is 73.2 Å². The number of aromatic carboxylic acids is 1. The van der Waals surface area contributed by atoms with E-state index >= 15 is 0 Å². The summed E-state index contributed by atoms with van der Waals surface area (Å²) in [7, 11) is 0. The summed E-state index contributed by atoms with van der Waals surface area (Å²) >= 11 is 2.71. The fourth-order valence-electron chi connectivity index (χ4n) is 3.69. The molecule has 6 nitrogen and oxygen atoms in total. The number of aromatic nitrogens is 1. The second-order valence-electron chi connectivity index (χ2n) is 7.49. The number of nitrogens with zero attached hydrogens (tertiary/aromatic N) is 2. The van der Waals surface area contributed by atoms with Crippen molar-refractivity contribution < 1.29 is 19.8 Å². The molecule has 1 fully saturated rings. The highest BCUT2D eigenvalue weighted by Crippen LogP contribution is 2.32.